The molecule has 1 heterocycles. The maximum atomic E-state index is 12.1. The number of hydrogen-bond acceptors (Lipinski definition) is 2. The number of H-pyrrole nitrogens is 1. The van der Waals surface area contributed by atoms with Crippen LogP contribution in [0.2, 0.25) is 0 Å². The molecule has 0 aliphatic carbocycles. The van der Waals surface area contributed by atoms with Crippen LogP contribution in [-0.4, -0.2) is 17.1 Å². The lowest BCUT2D eigenvalue weighted by Gasteiger charge is -2.01. The molecule has 0 unspecified atom stereocenters. The lowest BCUT2D eigenvalue weighted by atomic mass is 10.1. The van der Waals surface area contributed by atoms with Crippen molar-refractivity contribution < 1.29 is 4.79 Å². The molecule has 1 amide bonds. The molecule has 0 fully saturated rings. The van der Waals surface area contributed by atoms with Gasteiger partial charge in [-0.25, -0.2) is 5.43 Å². The molecular weight excluding hydrogens is 286 g/mol. The van der Waals surface area contributed by atoms with Crippen molar-refractivity contribution in [2.75, 3.05) is 0 Å². The summed E-state index contributed by atoms with van der Waals surface area (Å²) in [6.45, 7) is 4.08. The van der Waals surface area contributed by atoms with Crippen LogP contribution in [0.25, 0.3) is 10.9 Å². The quantitative estimate of drug-likeness (QED) is 0.559. The highest BCUT2D eigenvalue weighted by Crippen LogP contribution is 2.19. The third-order valence-corrected chi connectivity index (χ3v) is 3.93. The molecule has 0 saturated heterocycles. The maximum absolute atomic E-state index is 12.1. The molecule has 3 aromatic rings. The first-order valence-corrected chi connectivity index (χ1v) is 7.68. The molecule has 0 aliphatic heterocycles. The van der Waals surface area contributed by atoms with Crippen molar-refractivity contribution in [3.63, 3.8) is 0 Å². The highest BCUT2D eigenvalue weighted by atomic mass is 16.2. The highest BCUT2D eigenvalue weighted by Gasteiger charge is 2.06. The molecule has 3 rings (SSSR count). The zero-order valence-electron chi connectivity index (χ0n) is 13.3. The summed E-state index contributed by atoms with van der Waals surface area (Å²) in [4.78, 5) is 15.4. The summed E-state index contributed by atoms with van der Waals surface area (Å²) in [6, 6.07) is 15.6. The van der Waals surface area contributed by atoms with Crippen LogP contribution in [0, 0.1) is 6.92 Å². The van der Waals surface area contributed by atoms with Gasteiger partial charge < -0.3 is 4.98 Å². The fourth-order valence-corrected chi connectivity index (χ4v) is 2.58. The van der Waals surface area contributed by atoms with Gasteiger partial charge in [0.1, 0.15) is 0 Å². The van der Waals surface area contributed by atoms with E-state index in [1.54, 1.807) is 6.21 Å². The minimum absolute atomic E-state index is 0.207. The predicted octanol–water partition coefficient (Wildman–Crippen LogP) is 3.80. The molecule has 0 radical (unpaired) electrons. The lowest BCUT2D eigenvalue weighted by molar-refractivity contribution is 0.0955. The van der Waals surface area contributed by atoms with E-state index in [-0.39, 0.29) is 5.91 Å². The standard InChI is InChI=1S/C19H19N3O/c1-3-14-8-10-15(11-9-14)19(23)22-20-12-17-13(2)21-18-7-5-4-6-16(17)18/h4-12,21H,3H2,1-2H3,(H,22,23)/b20-12+. The van der Waals surface area contributed by atoms with Gasteiger partial charge in [0.25, 0.3) is 5.91 Å². The predicted molar refractivity (Wildman–Crippen MR) is 93.9 cm³/mol. The maximum Gasteiger partial charge on any atom is 0.271 e. The summed E-state index contributed by atoms with van der Waals surface area (Å²) < 4.78 is 0. The zero-order chi connectivity index (χ0) is 16.2. The largest absolute Gasteiger partial charge is 0.358 e. The Hall–Kier alpha value is -2.88. The number of aryl methyl sites for hydroxylation is 2. The summed E-state index contributed by atoms with van der Waals surface area (Å²) in [7, 11) is 0. The van der Waals surface area contributed by atoms with E-state index in [0.717, 1.165) is 28.6 Å². The molecule has 0 saturated carbocycles. The Balaban J connectivity index is 1.74. The smallest absolute Gasteiger partial charge is 0.271 e. The Morgan fingerprint density at radius 3 is 2.65 bits per heavy atom. The lowest BCUT2D eigenvalue weighted by Crippen LogP contribution is -2.17. The van der Waals surface area contributed by atoms with Crippen LogP contribution in [0.1, 0.15) is 34.1 Å². The number of aromatic nitrogens is 1. The number of amides is 1. The van der Waals surface area contributed by atoms with Crippen LogP contribution in [0.5, 0.6) is 0 Å². The van der Waals surface area contributed by atoms with Crippen molar-refractivity contribution in [2.45, 2.75) is 20.3 Å². The molecule has 1 aromatic heterocycles. The number of fused-ring (bicyclic) bond motifs is 1. The molecular formula is C19H19N3O. The number of benzene rings is 2. The molecule has 4 nitrogen and oxygen atoms in total. The van der Waals surface area contributed by atoms with Crippen molar-refractivity contribution in [3.8, 4) is 0 Å². The first-order chi connectivity index (χ1) is 11.2. The van der Waals surface area contributed by atoms with Crippen molar-refractivity contribution in [1.82, 2.24) is 10.4 Å². The summed E-state index contributed by atoms with van der Waals surface area (Å²) in [6.07, 6.45) is 2.65. The van der Waals surface area contributed by atoms with Gasteiger partial charge in [0, 0.05) is 27.7 Å². The fraction of sp³-hybridized carbons (Fsp3) is 0.158. The van der Waals surface area contributed by atoms with E-state index in [2.05, 4.69) is 22.4 Å². The summed E-state index contributed by atoms with van der Waals surface area (Å²) in [5.41, 5.74) is 7.47. The second-order valence-corrected chi connectivity index (χ2v) is 5.46. The van der Waals surface area contributed by atoms with Crippen LogP contribution in [0.3, 0.4) is 0 Å². The molecule has 0 aliphatic rings. The number of nitrogens with one attached hydrogen (secondary N) is 2. The number of para-hydroxylation sites is 1. The Morgan fingerprint density at radius 2 is 1.91 bits per heavy atom. The van der Waals surface area contributed by atoms with E-state index >= 15 is 0 Å². The van der Waals surface area contributed by atoms with E-state index in [0.29, 0.717) is 5.56 Å². The fourth-order valence-electron chi connectivity index (χ4n) is 2.58. The number of carbonyl (C=O) groups is 1. The van der Waals surface area contributed by atoms with E-state index in [4.69, 9.17) is 0 Å². The van der Waals surface area contributed by atoms with Gasteiger partial charge >= 0.3 is 0 Å². The molecule has 2 N–H and O–H groups in total. The molecule has 0 spiro atoms. The van der Waals surface area contributed by atoms with Crippen LogP contribution in [0.4, 0.5) is 0 Å². The highest BCUT2D eigenvalue weighted by molar-refractivity contribution is 6.01. The minimum atomic E-state index is -0.207. The van der Waals surface area contributed by atoms with E-state index < -0.39 is 0 Å². The van der Waals surface area contributed by atoms with Crippen LogP contribution < -0.4 is 5.43 Å². The first kappa shape index (κ1) is 15.0. The van der Waals surface area contributed by atoms with Gasteiger partial charge in [0.2, 0.25) is 0 Å². The molecule has 23 heavy (non-hydrogen) atoms. The monoisotopic (exact) mass is 305 g/mol. The average Bonchev–Trinajstić information content (AvgIpc) is 2.90. The van der Waals surface area contributed by atoms with Crippen LogP contribution in [0.15, 0.2) is 53.6 Å². The second-order valence-electron chi connectivity index (χ2n) is 5.46. The third kappa shape index (κ3) is 3.16. The number of nitrogens with zero attached hydrogens (tertiary/aromatic N) is 1. The summed E-state index contributed by atoms with van der Waals surface area (Å²) in [5, 5.41) is 5.19. The Labute approximate surface area is 135 Å². The molecule has 0 bridgehead atoms. The van der Waals surface area contributed by atoms with Crippen molar-refractivity contribution in [3.05, 3.63) is 70.9 Å². The van der Waals surface area contributed by atoms with E-state index in [1.807, 2.05) is 55.5 Å². The van der Waals surface area contributed by atoms with E-state index in [1.165, 1.54) is 5.56 Å². The van der Waals surface area contributed by atoms with Crippen molar-refractivity contribution >= 4 is 23.0 Å². The van der Waals surface area contributed by atoms with Crippen LogP contribution >= 0.6 is 0 Å². The van der Waals surface area contributed by atoms with Gasteiger partial charge in [0.05, 0.1) is 6.21 Å². The summed E-state index contributed by atoms with van der Waals surface area (Å²) >= 11 is 0. The number of rotatable bonds is 4. The second kappa shape index (κ2) is 6.48. The molecule has 0 atom stereocenters. The van der Waals surface area contributed by atoms with E-state index in [9.17, 15) is 4.79 Å². The normalized spacial score (nSPS) is 11.2. The Morgan fingerprint density at radius 1 is 1.17 bits per heavy atom. The third-order valence-electron chi connectivity index (χ3n) is 3.93. The topological polar surface area (TPSA) is 57.2 Å². The summed E-state index contributed by atoms with van der Waals surface area (Å²) in [5.74, 6) is -0.207. The number of hydrogen-bond donors (Lipinski definition) is 2. The SMILES string of the molecule is CCc1ccc(C(=O)N/N=C/c2c(C)[nH]c3ccccc23)cc1. The molecule has 116 valence electrons. The minimum Gasteiger partial charge on any atom is -0.358 e. The van der Waals surface area contributed by atoms with Crippen LogP contribution in [-0.2, 0) is 6.42 Å². The molecule has 4 heteroatoms. The number of hydrazone groups is 1. The van der Waals surface area contributed by atoms with Gasteiger partial charge in [-0.15, -0.1) is 0 Å². The Bertz CT molecular complexity index is 860. The van der Waals surface area contributed by atoms with Gasteiger partial charge in [-0.2, -0.15) is 5.10 Å². The average molecular weight is 305 g/mol. The Kier molecular flexibility index (Phi) is 4.24. The molecule has 2 aromatic carbocycles. The van der Waals surface area contributed by atoms with Gasteiger partial charge in [-0.3, -0.25) is 4.79 Å². The van der Waals surface area contributed by atoms with Crippen molar-refractivity contribution in [2.24, 2.45) is 5.10 Å². The van der Waals surface area contributed by atoms with Gasteiger partial charge in [-0.1, -0.05) is 37.3 Å². The zero-order valence-corrected chi connectivity index (χ0v) is 13.3. The number of carbonyl (C=O) groups excluding carboxylic acids is 1. The van der Waals surface area contributed by atoms with Gasteiger partial charge in [0.15, 0.2) is 0 Å². The number of aromatic amines is 1. The van der Waals surface area contributed by atoms with Gasteiger partial charge in [-0.05, 0) is 37.1 Å². The first-order valence-electron chi connectivity index (χ1n) is 7.68. The van der Waals surface area contributed by atoms with Crippen molar-refractivity contribution in [1.29, 1.82) is 0 Å².